The van der Waals surface area contributed by atoms with E-state index in [1.54, 1.807) is 4.90 Å². The van der Waals surface area contributed by atoms with Crippen LogP contribution in [-0.2, 0) is 4.79 Å². The van der Waals surface area contributed by atoms with Gasteiger partial charge in [-0.3, -0.25) is 4.79 Å². The minimum absolute atomic E-state index is 0.0919. The summed E-state index contributed by atoms with van der Waals surface area (Å²) in [7, 11) is 1.82. The number of aryl methyl sites for hydroxylation is 1. The SMILES string of the molecule is CNC1CCCN(c2cc(Cl)c(C)cc2Br)C1=O. The van der Waals surface area contributed by atoms with E-state index in [9.17, 15) is 4.79 Å². The first-order chi connectivity index (χ1) is 8.54. The summed E-state index contributed by atoms with van der Waals surface area (Å²) in [5.74, 6) is 0.115. The topological polar surface area (TPSA) is 32.3 Å². The molecule has 2 rings (SSSR count). The Morgan fingerprint density at radius 3 is 2.89 bits per heavy atom. The maximum atomic E-state index is 12.3. The van der Waals surface area contributed by atoms with Gasteiger partial charge in [0.2, 0.25) is 5.91 Å². The van der Waals surface area contributed by atoms with E-state index in [4.69, 9.17) is 11.6 Å². The highest BCUT2D eigenvalue weighted by atomic mass is 79.9. The minimum atomic E-state index is -0.0919. The van der Waals surface area contributed by atoms with Crippen molar-refractivity contribution >= 4 is 39.1 Å². The first-order valence-corrected chi connectivity index (χ1v) is 7.16. The molecule has 1 N–H and O–H groups in total. The number of halogens is 2. The molecule has 18 heavy (non-hydrogen) atoms. The second kappa shape index (κ2) is 5.59. The quantitative estimate of drug-likeness (QED) is 0.903. The first-order valence-electron chi connectivity index (χ1n) is 5.99. The van der Waals surface area contributed by atoms with Gasteiger partial charge in [0.1, 0.15) is 0 Å². The lowest BCUT2D eigenvalue weighted by molar-refractivity contribution is -0.121. The molecule has 0 radical (unpaired) electrons. The molecular formula is C13H16BrClN2O. The van der Waals surface area contributed by atoms with Crippen molar-refractivity contribution in [3.05, 3.63) is 27.2 Å². The Bertz CT molecular complexity index is 478. The second-order valence-corrected chi connectivity index (χ2v) is 5.79. The molecule has 1 fully saturated rings. The molecule has 0 aromatic heterocycles. The Labute approximate surface area is 121 Å². The number of amides is 1. The summed E-state index contributed by atoms with van der Waals surface area (Å²) < 4.78 is 0.912. The maximum absolute atomic E-state index is 12.3. The molecule has 0 spiro atoms. The number of nitrogens with one attached hydrogen (secondary N) is 1. The number of rotatable bonds is 2. The number of anilines is 1. The van der Waals surface area contributed by atoms with E-state index in [1.807, 2.05) is 26.1 Å². The van der Waals surface area contributed by atoms with Crippen molar-refractivity contribution in [2.75, 3.05) is 18.5 Å². The van der Waals surface area contributed by atoms with Crippen molar-refractivity contribution in [1.82, 2.24) is 5.32 Å². The van der Waals surface area contributed by atoms with Gasteiger partial charge in [-0.1, -0.05) is 11.6 Å². The van der Waals surface area contributed by atoms with Crippen molar-refractivity contribution in [2.45, 2.75) is 25.8 Å². The molecule has 1 atom stereocenters. The zero-order valence-electron chi connectivity index (χ0n) is 10.5. The van der Waals surface area contributed by atoms with Crippen LogP contribution < -0.4 is 10.2 Å². The number of hydrogen-bond acceptors (Lipinski definition) is 2. The lowest BCUT2D eigenvalue weighted by atomic mass is 10.0. The van der Waals surface area contributed by atoms with Crippen LogP contribution in [0.3, 0.4) is 0 Å². The Balaban J connectivity index is 2.36. The first kappa shape index (κ1) is 13.8. The van der Waals surface area contributed by atoms with Gasteiger partial charge in [0.15, 0.2) is 0 Å². The molecule has 1 saturated heterocycles. The smallest absolute Gasteiger partial charge is 0.244 e. The molecule has 1 aromatic carbocycles. The van der Waals surface area contributed by atoms with E-state index in [0.717, 1.165) is 35.1 Å². The van der Waals surface area contributed by atoms with Gasteiger partial charge in [-0.15, -0.1) is 0 Å². The number of hydrogen-bond donors (Lipinski definition) is 1. The molecular weight excluding hydrogens is 316 g/mol. The fraction of sp³-hybridized carbons (Fsp3) is 0.462. The second-order valence-electron chi connectivity index (χ2n) is 4.53. The molecule has 0 aliphatic carbocycles. The van der Waals surface area contributed by atoms with Crippen molar-refractivity contribution < 1.29 is 4.79 Å². The molecule has 3 nitrogen and oxygen atoms in total. The molecule has 5 heteroatoms. The number of nitrogens with zero attached hydrogens (tertiary/aromatic N) is 1. The highest BCUT2D eigenvalue weighted by molar-refractivity contribution is 9.10. The molecule has 1 aliphatic heterocycles. The molecule has 0 saturated carbocycles. The van der Waals surface area contributed by atoms with Gasteiger partial charge >= 0.3 is 0 Å². The van der Waals surface area contributed by atoms with Crippen LogP contribution in [0.1, 0.15) is 18.4 Å². The van der Waals surface area contributed by atoms with E-state index in [0.29, 0.717) is 5.02 Å². The highest BCUT2D eigenvalue weighted by Crippen LogP contribution is 2.33. The van der Waals surface area contributed by atoms with E-state index in [2.05, 4.69) is 21.2 Å². The normalized spacial score (nSPS) is 20.3. The number of piperidine rings is 1. The Hall–Kier alpha value is -0.580. The van der Waals surface area contributed by atoms with Crippen LogP contribution in [0, 0.1) is 6.92 Å². The average molecular weight is 332 g/mol. The van der Waals surface area contributed by atoms with Gasteiger partial charge in [0.05, 0.1) is 11.7 Å². The van der Waals surface area contributed by atoms with Crippen LogP contribution in [0.25, 0.3) is 0 Å². The van der Waals surface area contributed by atoms with Gasteiger partial charge in [-0.05, 0) is 60.4 Å². The molecule has 1 heterocycles. The van der Waals surface area contributed by atoms with E-state index < -0.39 is 0 Å². The predicted octanol–water partition coefficient (Wildman–Crippen LogP) is 3.13. The standard InChI is InChI=1S/C13H16BrClN2O/c1-8-6-9(14)12(7-10(8)15)17-5-3-4-11(16-2)13(17)18/h6-7,11,16H,3-5H2,1-2H3. The van der Waals surface area contributed by atoms with Crippen LogP contribution in [0.4, 0.5) is 5.69 Å². The third-order valence-electron chi connectivity index (χ3n) is 3.31. The van der Waals surface area contributed by atoms with E-state index >= 15 is 0 Å². The summed E-state index contributed by atoms with van der Waals surface area (Å²) in [5, 5.41) is 3.75. The number of likely N-dealkylation sites (N-methyl/N-ethyl adjacent to an activating group) is 1. The fourth-order valence-corrected chi connectivity index (χ4v) is 3.05. The largest absolute Gasteiger partial charge is 0.310 e. The van der Waals surface area contributed by atoms with Crippen LogP contribution in [0.15, 0.2) is 16.6 Å². The lowest BCUT2D eigenvalue weighted by Crippen LogP contribution is -2.49. The van der Waals surface area contributed by atoms with Gasteiger partial charge in [0, 0.05) is 16.0 Å². The zero-order valence-corrected chi connectivity index (χ0v) is 12.8. The van der Waals surface area contributed by atoms with Gasteiger partial charge in [-0.2, -0.15) is 0 Å². The Morgan fingerprint density at radius 1 is 1.50 bits per heavy atom. The molecule has 1 aliphatic rings. The van der Waals surface area contributed by atoms with Crippen LogP contribution >= 0.6 is 27.5 Å². The number of carbonyl (C=O) groups excluding carboxylic acids is 1. The van der Waals surface area contributed by atoms with Gasteiger partial charge in [0.25, 0.3) is 0 Å². The third kappa shape index (κ3) is 2.56. The van der Waals surface area contributed by atoms with Crippen molar-refractivity contribution in [2.24, 2.45) is 0 Å². The lowest BCUT2D eigenvalue weighted by Gasteiger charge is -2.33. The molecule has 1 aromatic rings. The van der Waals surface area contributed by atoms with Gasteiger partial charge in [-0.25, -0.2) is 0 Å². The van der Waals surface area contributed by atoms with E-state index in [1.165, 1.54) is 0 Å². The van der Waals surface area contributed by atoms with E-state index in [-0.39, 0.29) is 11.9 Å². The van der Waals surface area contributed by atoms with Crippen molar-refractivity contribution in [3.8, 4) is 0 Å². The summed E-state index contributed by atoms with van der Waals surface area (Å²) in [5.41, 5.74) is 1.86. The van der Waals surface area contributed by atoms with Crippen LogP contribution in [-0.4, -0.2) is 25.5 Å². The van der Waals surface area contributed by atoms with Crippen LogP contribution in [0.2, 0.25) is 5.02 Å². The van der Waals surface area contributed by atoms with Crippen molar-refractivity contribution in [1.29, 1.82) is 0 Å². The maximum Gasteiger partial charge on any atom is 0.244 e. The third-order valence-corrected chi connectivity index (χ3v) is 4.35. The highest BCUT2D eigenvalue weighted by Gasteiger charge is 2.29. The monoisotopic (exact) mass is 330 g/mol. The molecule has 0 bridgehead atoms. The number of carbonyl (C=O) groups is 1. The minimum Gasteiger partial charge on any atom is -0.310 e. The predicted molar refractivity (Wildman–Crippen MR) is 78.3 cm³/mol. The fourth-order valence-electron chi connectivity index (χ4n) is 2.22. The zero-order chi connectivity index (χ0) is 13.3. The summed E-state index contributed by atoms with van der Waals surface area (Å²) in [4.78, 5) is 14.1. The summed E-state index contributed by atoms with van der Waals surface area (Å²) >= 11 is 9.66. The molecule has 1 unspecified atom stereocenters. The summed E-state index contributed by atoms with van der Waals surface area (Å²) in [6.07, 6.45) is 1.89. The number of benzene rings is 1. The van der Waals surface area contributed by atoms with Gasteiger partial charge < -0.3 is 10.2 Å². The van der Waals surface area contributed by atoms with Crippen LogP contribution in [0.5, 0.6) is 0 Å². The molecule has 98 valence electrons. The Kier molecular flexibility index (Phi) is 4.30. The average Bonchev–Trinajstić information content (AvgIpc) is 2.34. The Morgan fingerprint density at radius 2 is 2.22 bits per heavy atom. The summed E-state index contributed by atoms with van der Waals surface area (Å²) in [6, 6.07) is 3.72. The summed E-state index contributed by atoms with van der Waals surface area (Å²) in [6.45, 7) is 2.69. The molecule has 1 amide bonds. The van der Waals surface area contributed by atoms with Crippen molar-refractivity contribution in [3.63, 3.8) is 0 Å².